The van der Waals surface area contributed by atoms with E-state index in [0.717, 1.165) is 32.1 Å². The Bertz CT molecular complexity index is 757. The van der Waals surface area contributed by atoms with E-state index in [2.05, 4.69) is 0 Å². The summed E-state index contributed by atoms with van der Waals surface area (Å²) in [4.78, 5) is 14.6. The zero-order valence-corrected chi connectivity index (χ0v) is 17.6. The number of fused-ring (bicyclic) bond motifs is 2. The number of ether oxygens (including phenoxy) is 2. The van der Waals surface area contributed by atoms with E-state index >= 15 is 0 Å². The first kappa shape index (κ1) is 20.5. The number of halogens is 1. The van der Waals surface area contributed by atoms with Crippen LogP contribution >= 0.6 is 0 Å². The van der Waals surface area contributed by atoms with Crippen molar-refractivity contribution in [1.29, 1.82) is 0 Å². The molecule has 1 N–H and O–H groups in total. The van der Waals surface area contributed by atoms with E-state index in [1.165, 1.54) is 12.1 Å². The lowest BCUT2D eigenvalue weighted by atomic mass is 9.72. The number of benzene rings is 1. The second-order valence-corrected chi connectivity index (χ2v) is 9.96. The monoisotopic (exact) mass is 405 g/mol. The number of rotatable bonds is 4. The molecule has 2 saturated heterocycles. The van der Waals surface area contributed by atoms with Gasteiger partial charge in [0.25, 0.3) is 0 Å². The van der Waals surface area contributed by atoms with Crippen LogP contribution in [-0.2, 0) is 10.3 Å². The molecule has 1 aromatic carbocycles. The van der Waals surface area contributed by atoms with Gasteiger partial charge in [0.15, 0.2) is 0 Å². The number of hydrogen-bond acceptors (Lipinski definition) is 4. The average Bonchev–Trinajstić information content (AvgIpc) is 3.42. The minimum atomic E-state index is -1.21. The summed E-state index contributed by atoms with van der Waals surface area (Å²) in [7, 11) is 0. The Morgan fingerprint density at radius 1 is 1.21 bits per heavy atom. The van der Waals surface area contributed by atoms with Gasteiger partial charge in [-0.3, -0.25) is 0 Å². The summed E-state index contributed by atoms with van der Waals surface area (Å²) in [5, 5.41) is 11.6. The van der Waals surface area contributed by atoms with E-state index in [0.29, 0.717) is 36.7 Å². The number of piperidine rings is 2. The van der Waals surface area contributed by atoms with Crippen LogP contribution in [0, 0.1) is 11.7 Å². The molecule has 0 radical (unpaired) electrons. The summed E-state index contributed by atoms with van der Waals surface area (Å²) in [6.07, 6.45) is 5.37. The van der Waals surface area contributed by atoms with E-state index in [1.54, 1.807) is 6.07 Å². The molecule has 1 amide bonds. The predicted molar refractivity (Wildman–Crippen MR) is 107 cm³/mol. The van der Waals surface area contributed by atoms with Crippen molar-refractivity contribution in [3.8, 4) is 5.75 Å². The van der Waals surface area contributed by atoms with Gasteiger partial charge in [0.05, 0.1) is 12.2 Å². The number of carbonyl (C=O) groups excluding carboxylic acids is 1. The standard InChI is InChI=1S/C23H32FNO4/c1-22(2,3)29-21(26)25-17-5-4-6-18(25)13-23(27,12-17)19-11-16(24)9-10-20(19)28-14-15-7-8-15/h9-11,15,17-18,27H,4-8,12-14H2,1-3H3. The van der Waals surface area contributed by atoms with Gasteiger partial charge in [0, 0.05) is 30.5 Å². The molecule has 160 valence electrons. The quantitative estimate of drug-likeness (QED) is 0.785. The summed E-state index contributed by atoms with van der Waals surface area (Å²) in [5.74, 6) is 0.743. The second-order valence-electron chi connectivity index (χ2n) is 9.96. The van der Waals surface area contributed by atoms with Crippen molar-refractivity contribution in [2.75, 3.05) is 6.61 Å². The van der Waals surface area contributed by atoms with E-state index in [-0.39, 0.29) is 24.0 Å². The minimum absolute atomic E-state index is 0.123. The lowest BCUT2D eigenvalue weighted by Gasteiger charge is -2.52. The van der Waals surface area contributed by atoms with Crippen LogP contribution in [0.4, 0.5) is 9.18 Å². The molecule has 2 bridgehead atoms. The Labute approximate surface area is 172 Å². The highest BCUT2D eigenvalue weighted by Gasteiger charge is 2.50. The van der Waals surface area contributed by atoms with Gasteiger partial charge in [-0.1, -0.05) is 0 Å². The van der Waals surface area contributed by atoms with Gasteiger partial charge in [-0.05, 0) is 77.0 Å². The summed E-state index contributed by atoms with van der Waals surface area (Å²) in [6.45, 7) is 6.18. The summed E-state index contributed by atoms with van der Waals surface area (Å²) < 4.78 is 25.7. The topological polar surface area (TPSA) is 59.0 Å². The lowest BCUT2D eigenvalue weighted by Crippen LogP contribution is -2.59. The maximum Gasteiger partial charge on any atom is 0.410 e. The van der Waals surface area contributed by atoms with E-state index in [4.69, 9.17) is 9.47 Å². The number of nitrogens with zero attached hydrogens (tertiary/aromatic N) is 1. The van der Waals surface area contributed by atoms with E-state index in [1.807, 2.05) is 25.7 Å². The Kier molecular flexibility index (Phi) is 5.26. The van der Waals surface area contributed by atoms with Gasteiger partial charge in [-0.25, -0.2) is 9.18 Å². The molecule has 1 aromatic rings. The van der Waals surface area contributed by atoms with Crippen molar-refractivity contribution in [3.63, 3.8) is 0 Å². The SMILES string of the molecule is CC(C)(C)OC(=O)N1C2CCCC1CC(O)(c1cc(F)ccc1OCC1CC1)C2. The van der Waals surface area contributed by atoms with Crippen LogP contribution in [0.1, 0.15) is 71.3 Å². The van der Waals surface area contributed by atoms with Crippen LogP contribution in [0.2, 0.25) is 0 Å². The van der Waals surface area contributed by atoms with Gasteiger partial charge in [0.1, 0.15) is 17.2 Å². The van der Waals surface area contributed by atoms with Gasteiger partial charge in [-0.15, -0.1) is 0 Å². The fourth-order valence-electron chi connectivity index (χ4n) is 4.75. The zero-order valence-electron chi connectivity index (χ0n) is 17.6. The molecule has 1 saturated carbocycles. The first-order valence-corrected chi connectivity index (χ1v) is 10.8. The number of hydrogen-bond donors (Lipinski definition) is 1. The van der Waals surface area contributed by atoms with Crippen molar-refractivity contribution < 1.29 is 23.8 Å². The van der Waals surface area contributed by atoms with Crippen LogP contribution in [0.5, 0.6) is 5.75 Å². The fraction of sp³-hybridized carbons (Fsp3) is 0.696. The molecule has 0 aromatic heterocycles. The Hall–Kier alpha value is -1.82. The largest absolute Gasteiger partial charge is 0.493 e. The van der Waals surface area contributed by atoms with Gasteiger partial charge >= 0.3 is 6.09 Å². The van der Waals surface area contributed by atoms with Gasteiger partial charge in [-0.2, -0.15) is 0 Å². The summed E-state index contributed by atoms with van der Waals surface area (Å²) >= 11 is 0. The predicted octanol–water partition coefficient (Wildman–Crippen LogP) is 4.75. The third kappa shape index (κ3) is 4.52. The van der Waals surface area contributed by atoms with Gasteiger partial charge in [0.2, 0.25) is 0 Å². The molecule has 29 heavy (non-hydrogen) atoms. The van der Waals surface area contributed by atoms with E-state index < -0.39 is 11.2 Å². The molecule has 2 heterocycles. The smallest absolute Gasteiger partial charge is 0.410 e. The molecule has 6 heteroatoms. The van der Waals surface area contributed by atoms with Crippen molar-refractivity contribution >= 4 is 6.09 Å². The van der Waals surface area contributed by atoms with Crippen LogP contribution in [0.3, 0.4) is 0 Å². The lowest BCUT2D eigenvalue weighted by molar-refractivity contribution is -0.0974. The average molecular weight is 406 g/mol. The molecule has 3 aliphatic rings. The molecule has 3 fully saturated rings. The highest BCUT2D eigenvalue weighted by molar-refractivity contribution is 5.69. The van der Waals surface area contributed by atoms with Gasteiger partial charge < -0.3 is 19.5 Å². The second kappa shape index (κ2) is 7.46. The zero-order chi connectivity index (χ0) is 20.8. The normalized spacial score (nSPS) is 29.5. The molecule has 2 aliphatic heterocycles. The maximum absolute atomic E-state index is 14.1. The Morgan fingerprint density at radius 2 is 1.86 bits per heavy atom. The van der Waals surface area contributed by atoms with Crippen LogP contribution in [0.25, 0.3) is 0 Å². The fourth-order valence-corrected chi connectivity index (χ4v) is 4.75. The highest BCUT2D eigenvalue weighted by Crippen LogP contribution is 2.47. The molecular weight excluding hydrogens is 373 g/mol. The third-order valence-corrected chi connectivity index (χ3v) is 6.23. The molecular formula is C23H32FNO4. The van der Waals surface area contributed by atoms with Crippen LogP contribution in [-0.4, -0.2) is 40.4 Å². The third-order valence-electron chi connectivity index (χ3n) is 6.23. The van der Waals surface area contributed by atoms with Crippen molar-refractivity contribution in [2.24, 2.45) is 5.92 Å². The number of aliphatic hydroxyl groups is 1. The van der Waals surface area contributed by atoms with Crippen LogP contribution < -0.4 is 4.74 Å². The highest BCUT2D eigenvalue weighted by atomic mass is 19.1. The van der Waals surface area contributed by atoms with Crippen molar-refractivity contribution in [3.05, 3.63) is 29.6 Å². The summed E-state index contributed by atoms with van der Waals surface area (Å²) in [5.41, 5.74) is -1.26. The molecule has 1 aliphatic carbocycles. The molecule has 0 spiro atoms. The van der Waals surface area contributed by atoms with Crippen molar-refractivity contribution in [1.82, 2.24) is 4.90 Å². The van der Waals surface area contributed by atoms with Crippen molar-refractivity contribution in [2.45, 2.75) is 89.0 Å². The molecule has 2 unspecified atom stereocenters. The minimum Gasteiger partial charge on any atom is -0.493 e. The van der Waals surface area contributed by atoms with E-state index in [9.17, 15) is 14.3 Å². The molecule has 2 atom stereocenters. The first-order chi connectivity index (χ1) is 13.6. The Morgan fingerprint density at radius 3 is 2.45 bits per heavy atom. The maximum atomic E-state index is 14.1. The Balaban J connectivity index is 1.58. The first-order valence-electron chi connectivity index (χ1n) is 10.8. The molecule has 4 rings (SSSR count). The number of amides is 1. The molecule has 5 nitrogen and oxygen atoms in total. The van der Waals surface area contributed by atoms with Crippen LogP contribution in [0.15, 0.2) is 18.2 Å². The summed E-state index contributed by atoms with van der Waals surface area (Å²) in [6, 6.07) is 4.16. The number of carbonyl (C=O) groups is 1.